The van der Waals surface area contributed by atoms with Crippen LogP contribution in [0.3, 0.4) is 0 Å². The average Bonchev–Trinajstić information content (AvgIpc) is 2.50. The molecule has 0 heterocycles. The first-order valence-corrected chi connectivity index (χ1v) is 7.48. The first-order chi connectivity index (χ1) is 11.5. The van der Waals surface area contributed by atoms with Gasteiger partial charge in [0.1, 0.15) is 6.04 Å². The summed E-state index contributed by atoms with van der Waals surface area (Å²) in [7, 11) is 0. The van der Waals surface area contributed by atoms with E-state index >= 15 is 0 Å². The number of rotatable bonds is 7. The minimum absolute atomic E-state index is 0.0288. The van der Waals surface area contributed by atoms with E-state index in [1.807, 2.05) is 0 Å². The fourth-order valence-corrected chi connectivity index (χ4v) is 2.04. The highest BCUT2D eigenvalue weighted by atomic mass is 19.4. The summed E-state index contributed by atoms with van der Waals surface area (Å²) in [6.07, 6.45) is -4.37. The van der Waals surface area contributed by atoms with Crippen molar-refractivity contribution in [2.45, 2.75) is 32.5 Å². The lowest BCUT2D eigenvalue weighted by molar-refractivity contribution is -0.142. The fraction of sp³-hybridized carbons (Fsp3) is 0.438. The molecule has 0 saturated heterocycles. The number of nitrogens with one attached hydrogen (secondary N) is 2. The van der Waals surface area contributed by atoms with Gasteiger partial charge in [-0.3, -0.25) is 9.59 Å². The molecule has 0 aromatic heterocycles. The smallest absolute Gasteiger partial charge is 0.416 e. The molecule has 0 bridgehead atoms. The molecular formula is C16H19F3N2O4. The summed E-state index contributed by atoms with van der Waals surface area (Å²) in [6.45, 7) is 3.03. The summed E-state index contributed by atoms with van der Waals surface area (Å²) < 4.78 is 37.9. The lowest BCUT2D eigenvalue weighted by Crippen LogP contribution is -2.46. The van der Waals surface area contributed by atoms with Gasteiger partial charge in [-0.15, -0.1) is 0 Å². The number of aliphatic carboxylic acids is 1. The van der Waals surface area contributed by atoms with E-state index in [0.29, 0.717) is 6.07 Å². The molecule has 0 aliphatic carbocycles. The number of alkyl halides is 3. The highest BCUT2D eigenvalue weighted by Crippen LogP contribution is 2.29. The number of amides is 2. The van der Waals surface area contributed by atoms with Crippen molar-refractivity contribution in [1.29, 1.82) is 0 Å². The second-order valence-electron chi connectivity index (χ2n) is 5.85. The molecule has 2 amide bonds. The van der Waals surface area contributed by atoms with Crippen LogP contribution in [0.4, 0.5) is 13.2 Å². The summed E-state index contributed by atoms with van der Waals surface area (Å²) in [5.41, 5.74) is -1.23. The first-order valence-electron chi connectivity index (χ1n) is 7.48. The van der Waals surface area contributed by atoms with Crippen molar-refractivity contribution in [3.8, 4) is 0 Å². The van der Waals surface area contributed by atoms with E-state index < -0.39 is 42.1 Å². The number of carbonyl (C=O) groups is 3. The van der Waals surface area contributed by atoms with E-state index in [2.05, 4.69) is 10.6 Å². The fourth-order valence-electron chi connectivity index (χ4n) is 2.04. The van der Waals surface area contributed by atoms with E-state index in [0.717, 1.165) is 12.1 Å². The first kappa shape index (κ1) is 20.5. The van der Waals surface area contributed by atoms with Crippen LogP contribution in [0.15, 0.2) is 24.3 Å². The van der Waals surface area contributed by atoms with Gasteiger partial charge in [0.2, 0.25) is 5.91 Å². The van der Waals surface area contributed by atoms with Crippen molar-refractivity contribution < 1.29 is 32.7 Å². The van der Waals surface area contributed by atoms with Crippen molar-refractivity contribution in [3.05, 3.63) is 35.4 Å². The van der Waals surface area contributed by atoms with Gasteiger partial charge in [0.05, 0.1) is 12.1 Å². The van der Waals surface area contributed by atoms with Crippen LogP contribution >= 0.6 is 0 Å². The average molecular weight is 360 g/mol. The highest BCUT2D eigenvalue weighted by molar-refractivity contribution is 5.97. The van der Waals surface area contributed by atoms with Gasteiger partial charge in [-0.1, -0.05) is 19.9 Å². The zero-order valence-corrected chi connectivity index (χ0v) is 13.7. The molecule has 0 aliphatic rings. The molecule has 0 radical (unpaired) electrons. The van der Waals surface area contributed by atoms with Crippen molar-refractivity contribution in [3.63, 3.8) is 0 Å². The van der Waals surface area contributed by atoms with Gasteiger partial charge < -0.3 is 15.7 Å². The van der Waals surface area contributed by atoms with Gasteiger partial charge in [-0.05, 0) is 30.5 Å². The van der Waals surface area contributed by atoms with Crippen LogP contribution in [0, 0.1) is 5.92 Å². The van der Waals surface area contributed by atoms with Crippen molar-refractivity contribution in [1.82, 2.24) is 10.6 Å². The standard InChI is InChI=1S/C16H19F3N2O4/c1-9(2)6-12(15(24)25)21-13(22)8-20-14(23)10-4-3-5-11(7-10)16(17,18)19/h3-5,7,9,12H,6,8H2,1-2H3,(H,20,23)(H,21,22)(H,24,25)/t12-/m0/s1. The lowest BCUT2D eigenvalue weighted by atomic mass is 10.0. The zero-order valence-electron chi connectivity index (χ0n) is 13.7. The molecule has 0 fully saturated rings. The number of halogens is 3. The summed E-state index contributed by atoms with van der Waals surface area (Å²) >= 11 is 0. The van der Waals surface area contributed by atoms with Gasteiger partial charge in [0.15, 0.2) is 0 Å². The predicted octanol–water partition coefficient (Wildman–Crippen LogP) is 2.05. The Morgan fingerprint density at radius 3 is 2.36 bits per heavy atom. The molecule has 0 spiro atoms. The van der Waals surface area contributed by atoms with Gasteiger partial charge in [0.25, 0.3) is 5.91 Å². The van der Waals surface area contributed by atoms with Crippen molar-refractivity contribution in [2.24, 2.45) is 5.92 Å². The molecule has 25 heavy (non-hydrogen) atoms. The molecule has 138 valence electrons. The van der Waals surface area contributed by atoms with Crippen LogP contribution in [0.25, 0.3) is 0 Å². The third kappa shape index (κ3) is 6.82. The molecule has 3 N–H and O–H groups in total. The second-order valence-corrected chi connectivity index (χ2v) is 5.85. The molecule has 1 atom stereocenters. The van der Waals surface area contributed by atoms with E-state index in [9.17, 15) is 27.6 Å². The maximum atomic E-state index is 12.6. The van der Waals surface area contributed by atoms with Crippen molar-refractivity contribution in [2.75, 3.05) is 6.54 Å². The number of carboxylic acid groups (broad SMARTS) is 1. The van der Waals surface area contributed by atoms with Gasteiger partial charge in [-0.25, -0.2) is 4.79 Å². The van der Waals surface area contributed by atoms with Crippen LogP contribution in [0.1, 0.15) is 36.2 Å². The number of carboxylic acids is 1. The summed E-state index contributed by atoms with van der Waals surface area (Å²) in [5.74, 6) is -2.78. The molecule has 0 aliphatic heterocycles. The molecule has 9 heteroatoms. The minimum Gasteiger partial charge on any atom is -0.480 e. The Kier molecular flexibility index (Phi) is 6.96. The molecule has 6 nitrogen and oxygen atoms in total. The Balaban J connectivity index is 2.64. The SMILES string of the molecule is CC(C)C[C@H](NC(=O)CNC(=O)c1cccc(C(F)(F)F)c1)C(=O)O. The Morgan fingerprint density at radius 2 is 1.84 bits per heavy atom. The molecular weight excluding hydrogens is 341 g/mol. The van der Waals surface area contributed by atoms with Gasteiger partial charge in [0, 0.05) is 5.56 Å². The molecule has 1 aromatic rings. The van der Waals surface area contributed by atoms with Crippen LogP contribution in [-0.4, -0.2) is 35.5 Å². The van der Waals surface area contributed by atoms with Crippen LogP contribution in [0.5, 0.6) is 0 Å². The number of carbonyl (C=O) groups excluding carboxylic acids is 2. The van der Waals surface area contributed by atoms with E-state index in [1.165, 1.54) is 6.07 Å². The van der Waals surface area contributed by atoms with Crippen LogP contribution < -0.4 is 10.6 Å². The van der Waals surface area contributed by atoms with E-state index in [1.54, 1.807) is 13.8 Å². The van der Waals surface area contributed by atoms with Crippen LogP contribution in [-0.2, 0) is 15.8 Å². The zero-order chi connectivity index (χ0) is 19.2. The predicted molar refractivity (Wildman–Crippen MR) is 82.8 cm³/mol. The Morgan fingerprint density at radius 1 is 1.20 bits per heavy atom. The van der Waals surface area contributed by atoms with Crippen molar-refractivity contribution >= 4 is 17.8 Å². The molecule has 0 unspecified atom stereocenters. The summed E-state index contributed by atoms with van der Waals surface area (Å²) in [5, 5.41) is 13.4. The monoisotopic (exact) mass is 360 g/mol. The topological polar surface area (TPSA) is 95.5 Å². The maximum Gasteiger partial charge on any atom is 0.416 e. The number of hydrogen-bond acceptors (Lipinski definition) is 3. The largest absolute Gasteiger partial charge is 0.480 e. The van der Waals surface area contributed by atoms with Crippen LogP contribution in [0.2, 0.25) is 0 Å². The van der Waals surface area contributed by atoms with Gasteiger partial charge >= 0.3 is 12.1 Å². The Bertz CT molecular complexity index is 645. The number of benzene rings is 1. The van der Waals surface area contributed by atoms with E-state index in [4.69, 9.17) is 5.11 Å². The summed E-state index contributed by atoms with van der Waals surface area (Å²) in [6, 6.07) is 2.67. The maximum absolute atomic E-state index is 12.6. The molecule has 0 saturated carbocycles. The Labute approximate surface area is 142 Å². The highest BCUT2D eigenvalue weighted by Gasteiger charge is 2.31. The normalized spacial score (nSPS) is 12.6. The lowest BCUT2D eigenvalue weighted by Gasteiger charge is -2.16. The number of hydrogen-bond donors (Lipinski definition) is 3. The third-order valence-electron chi connectivity index (χ3n) is 3.20. The summed E-state index contributed by atoms with van der Waals surface area (Å²) in [4.78, 5) is 34.6. The quantitative estimate of drug-likeness (QED) is 0.693. The van der Waals surface area contributed by atoms with E-state index in [-0.39, 0.29) is 17.9 Å². The Hall–Kier alpha value is -2.58. The minimum atomic E-state index is -4.58. The molecule has 1 aromatic carbocycles. The molecule has 1 rings (SSSR count). The van der Waals surface area contributed by atoms with Gasteiger partial charge in [-0.2, -0.15) is 13.2 Å². The third-order valence-corrected chi connectivity index (χ3v) is 3.20. The second kappa shape index (κ2) is 8.50.